The van der Waals surface area contributed by atoms with E-state index in [1.54, 1.807) is 12.1 Å². The molecule has 3 saturated carbocycles. The summed E-state index contributed by atoms with van der Waals surface area (Å²) in [6, 6.07) is 11.2. The highest BCUT2D eigenvalue weighted by molar-refractivity contribution is 6.31. The number of fused-ring (bicyclic) bond motifs is 3. The van der Waals surface area contributed by atoms with Gasteiger partial charge in [-0.2, -0.15) is 0 Å². The van der Waals surface area contributed by atoms with Gasteiger partial charge in [0.2, 0.25) is 5.91 Å². The quantitative estimate of drug-likeness (QED) is 0.542. The lowest BCUT2D eigenvalue weighted by atomic mass is 9.55. The molecule has 3 aliphatic rings. The van der Waals surface area contributed by atoms with Crippen molar-refractivity contribution in [2.24, 2.45) is 5.41 Å². The summed E-state index contributed by atoms with van der Waals surface area (Å²) in [5.74, 6) is -0.965. The molecule has 3 N–H and O–H groups in total. The third-order valence-corrected chi connectivity index (χ3v) is 7.32. The van der Waals surface area contributed by atoms with Crippen molar-refractivity contribution in [2.45, 2.75) is 50.3 Å². The normalized spacial score (nSPS) is 26.0. The molecular weight excluding hydrogens is 470 g/mol. The van der Waals surface area contributed by atoms with Crippen LogP contribution in [0.15, 0.2) is 42.5 Å². The molecule has 6 nitrogen and oxygen atoms in total. The van der Waals surface area contributed by atoms with Crippen molar-refractivity contribution in [2.75, 3.05) is 6.61 Å². The van der Waals surface area contributed by atoms with Gasteiger partial charge in [-0.25, -0.2) is 4.39 Å². The molecule has 9 heteroatoms. The van der Waals surface area contributed by atoms with E-state index in [-0.39, 0.29) is 29.2 Å². The van der Waals surface area contributed by atoms with Crippen molar-refractivity contribution in [1.29, 1.82) is 0 Å². The molecule has 0 aliphatic heterocycles. The molecule has 0 unspecified atom stereocenters. The second-order valence-electron chi connectivity index (χ2n) is 8.88. The lowest BCUT2D eigenvalue weighted by Gasteiger charge is -2.55. The fraction of sp³-hybridized carbons (Fsp3) is 0.417. The van der Waals surface area contributed by atoms with E-state index in [0.717, 1.165) is 11.6 Å². The predicted molar refractivity (Wildman–Crippen MR) is 123 cm³/mol. The molecule has 5 rings (SSSR count). The highest BCUT2D eigenvalue weighted by atomic mass is 35.5. The molecule has 0 spiro atoms. The Bertz CT molecular complexity index is 1060. The van der Waals surface area contributed by atoms with Gasteiger partial charge < -0.3 is 20.5 Å². The number of rotatable bonds is 7. The van der Waals surface area contributed by atoms with Gasteiger partial charge in [0, 0.05) is 23.2 Å². The summed E-state index contributed by atoms with van der Waals surface area (Å²) in [4.78, 5) is 25.5. The van der Waals surface area contributed by atoms with Gasteiger partial charge in [0.15, 0.2) is 6.61 Å². The average molecular weight is 495 g/mol. The second-order valence-corrected chi connectivity index (χ2v) is 9.73. The Morgan fingerprint density at radius 1 is 1.12 bits per heavy atom. The number of benzene rings is 2. The Morgan fingerprint density at radius 3 is 2.55 bits per heavy atom. The van der Waals surface area contributed by atoms with E-state index < -0.39 is 22.9 Å². The van der Waals surface area contributed by atoms with Gasteiger partial charge in [-0.15, -0.1) is 0 Å². The van der Waals surface area contributed by atoms with E-state index in [2.05, 4.69) is 10.6 Å². The Balaban J connectivity index is 1.32. The van der Waals surface area contributed by atoms with Gasteiger partial charge in [-0.05, 0) is 61.9 Å². The summed E-state index contributed by atoms with van der Waals surface area (Å²) in [7, 11) is 0. The molecule has 2 aromatic rings. The SMILES string of the molecule is O=C(COc1ccc(Cl)c(F)c1)NC12CCC(C(=O)NCc3cccc(Cl)c3)(CC1)[C@@H](O)C2. The Hall–Kier alpha value is -2.35. The topological polar surface area (TPSA) is 87.7 Å². The molecule has 3 aliphatic carbocycles. The maximum atomic E-state index is 13.5. The second kappa shape index (κ2) is 9.49. The largest absolute Gasteiger partial charge is 0.484 e. The van der Waals surface area contributed by atoms with Crippen molar-refractivity contribution in [1.82, 2.24) is 10.6 Å². The third-order valence-electron chi connectivity index (χ3n) is 6.78. The maximum absolute atomic E-state index is 13.5. The number of carbonyl (C=O) groups is 2. The van der Waals surface area contributed by atoms with Crippen LogP contribution in [0.5, 0.6) is 5.75 Å². The zero-order chi connectivity index (χ0) is 23.6. The minimum absolute atomic E-state index is 0.0239. The highest BCUT2D eigenvalue weighted by Crippen LogP contribution is 2.52. The molecule has 3 fully saturated rings. The van der Waals surface area contributed by atoms with Crippen molar-refractivity contribution < 1.29 is 23.8 Å². The molecule has 176 valence electrons. The Morgan fingerprint density at radius 2 is 1.88 bits per heavy atom. The van der Waals surface area contributed by atoms with Gasteiger partial charge in [0.1, 0.15) is 11.6 Å². The van der Waals surface area contributed by atoms with Crippen molar-refractivity contribution in [3.8, 4) is 5.75 Å². The Labute approximate surface area is 201 Å². The summed E-state index contributed by atoms with van der Waals surface area (Å²) in [6.07, 6.45) is 1.52. The Kier molecular flexibility index (Phi) is 6.84. The fourth-order valence-electron chi connectivity index (χ4n) is 4.88. The minimum atomic E-state index is -0.869. The van der Waals surface area contributed by atoms with Crippen molar-refractivity contribution in [3.63, 3.8) is 0 Å². The van der Waals surface area contributed by atoms with E-state index >= 15 is 0 Å². The smallest absolute Gasteiger partial charge is 0.258 e. The molecule has 2 bridgehead atoms. The fourth-order valence-corrected chi connectivity index (χ4v) is 5.22. The van der Waals surface area contributed by atoms with Crippen LogP contribution in [0.25, 0.3) is 0 Å². The van der Waals surface area contributed by atoms with Crippen LogP contribution < -0.4 is 15.4 Å². The van der Waals surface area contributed by atoms with Crippen LogP contribution in [0, 0.1) is 11.2 Å². The van der Waals surface area contributed by atoms with Crippen molar-refractivity contribution in [3.05, 3.63) is 63.9 Å². The van der Waals surface area contributed by atoms with E-state index in [1.165, 1.54) is 12.1 Å². The predicted octanol–water partition coefficient (Wildman–Crippen LogP) is 4.01. The highest BCUT2D eigenvalue weighted by Gasteiger charge is 2.58. The van der Waals surface area contributed by atoms with E-state index in [9.17, 15) is 19.1 Å². The van der Waals surface area contributed by atoms with Gasteiger partial charge in [0.05, 0.1) is 16.5 Å². The molecule has 0 saturated heterocycles. The van der Waals surface area contributed by atoms with E-state index in [4.69, 9.17) is 27.9 Å². The summed E-state index contributed by atoms with van der Waals surface area (Å²) in [5, 5.41) is 17.4. The summed E-state index contributed by atoms with van der Waals surface area (Å²) < 4.78 is 18.9. The monoisotopic (exact) mass is 494 g/mol. The first kappa shape index (κ1) is 23.8. The van der Waals surface area contributed by atoms with Crippen LogP contribution in [0.3, 0.4) is 0 Å². The average Bonchev–Trinajstić information content (AvgIpc) is 2.79. The summed E-state index contributed by atoms with van der Waals surface area (Å²) in [6.45, 7) is 0.0442. The van der Waals surface area contributed by atoms with Gasteiger partial charge in [-0.3, -0.25) is 9.59 Å². The van der Waals surface area contributed by atoms with Crippen LogP contribution in [0.1, 0.15) is 37.7 Å². The lowest BCUT2D eigenvalue weighted by molar-refractivity contribution is -0.156. The first-order valence-electron chi connectivity index (χ1n) is 10.8. The number of hydrogen-bond acceptors (Lipinski definition) is 4. The molecule has 1 atom stereocenters. The summed E-state index contributed by atoms with van der Waals surface area (Å²) >= 11 is 11.7. The van der Waals surface area contributed by atoms with E-state index in [1.807, 2.05) is 12.1 Å². The molecular formula is C24H25Cl2FN2O4. The van der Waals surface area contributed by atoms with Crippen molar-refractivity contribution >= 4 is 35.0 Å². The van der Waals surface area contributed by atoms with Crippen LogP contribution in [0.2, 0.25) is 10.0 Å². The molecule has 2 aromatic carbocycles. The first-order valence-corrected chi connectivity index (χ1v) is 11.6. The maximum Gasteiger partial charge on any atom is 0.258 e. The standard InChI is InChI=1S/C24H25Cl2FN2O4/c25-16-3-1-2-15(10-16)13-28-22(32)24-8-6-23(7-9-24,12-20(24)30)29-21(31)14-33-17-4-5-18(26)19(27)11-17/h1-5,10-11,20,30H,6-9,12-14H2,(H,28,32)(H,29,31)/t20-,23?,24?/m0/s1. The molecule has 0 heterocycles. The number of hydrogen-bond donors (Lipinski definition) is 3. The minimum Gasteiger partial charge on any atom is -0.484 e. The number of aliphatic hydroxyl groups is 1. The van der Waals surface area contributed by atoms with Crippen LogP contribution in [-0.4, -0.2) is 35.2 Å². The molecule has 0 aromatic heterocycles. The molecule has 0 radical (unpaired) electrons. The number of amides is 2. The molecule has 33 heavy (non-hydrogen) atoms. The number of ether oxygens (including phenoxy) is 1. The third kappa shape index (κ3) is 5.10. The van der Waals surface area contributed by atoms with Crippen LogP contribution in [-0.2, 0) is 16.1 Å². The van der Waals surface area contributed by atoms with E-state index in [0.29, 0.717) is 43.7 Å². The van der Waals surface area contributed by atoms with Crippen LogP contribution >= 0.6 is 23.2 Å². The number of nitrogens with one attached hydrogen (secondary N) is 2. The van der Waals surface area contributed by atoms with Gasteiger partial charge >= 0.3 is 0 Å². The van der Waals surface area contributed by atoms with Gasteiger partial charge in [0.25, 0.3) is 5.91 Å². The number of carbonyl (C=O) groups excluding carboxylic acids is 2. The number of aliphatic hydroxyl groups excluding tert-OH is 1. The summed E-state index contributed by atoms with van der Waals surface area (Å²) in [5.41, 5.74) is -0.557. The lowest BCUT2D eigenvalue weighted by Crippen LogP contribution is -2.65. The van der Waals surface area contributed by atoms with Crippen LogP contribution in [0.4, 0.5) is 4.39 Å². The zero-order valence-electron chi connectivity index (χ0n) is 17.9. The zero-order valence-corrected chi connectivity index (χ0v) is 19.4. The van der Waals surface area contributed by atoms with Gasteiger partial charge in [-0.1, -0.05) is 35.3 Å². The first-order chi connectivity index (χ1) is 15.7. The number of halogens is 3. The molecule has 2 amide bonds.